The molecule has 0 spiro atoms. The first kappa shape index (κ1) is 19.5. The van der Waals surface area contributed by atoms with E-state index < -0.39 is 0 Å². The van der Waals surface area contributed by atoms with Crippen molar-refractivity contribution in [3.63, 3.8) is 0 Å². The minimum Gasteiger partial charge on any atom is -0.365 e. The van der Waals surface area contributed by atoms with Gasteiger partial charge in [0.2, 0.25) is 0 Å². The zero-order valence-corrected chi connectivity index (χ0v) is 17.1. The van der Waals surface area contributed by atoms with Crippen LogP contribution >= 0.6 is 0 Å². The van der Waals surface area contributed by atoms with Gasteiger partial charge in [0.15, 0.2) is 0 Å². The highest BCUT2D eigenvalue weighted by Gasteiger charge is 2.29. The molecule has 0 aliphatic carbocycles. The van der Waals surface area contributed by atoms with E-state index in [4.69, 9.17) is 5.26 Å². The second-order valence-corrected chi connectivity index (χ2v) is 7.96. The molecule has 3 aromatic rings. The van der Waals surface area contributed by atoms with Crippen LogP contribution in [0.3, 0.4) is 0 Å². The van der Waals surface area contributed by atoms with Crippen LogP contribution in [-0.2, 0) is 13.0 Å². The Hall–Kier alpha value is -3.44. The summed E-state index contributed by atoms with van der Waals surface area (Å²) in [7, 11) is 0. The van der Waals surface area contributed by atoms with E-state index in [1.807, 2.05) is 12.1 Å². The molecule has 0 bridgehead atoms. The van der Waals surface area contributed by atoms with Crippen molar-refractivity contribution in [3.05, 3.63) is 53.7 Å². The third kappa shape index (κ3) is 3.73. The third-order valence-corrected chi connectivity index (χ3v) is 6.09. The molecule has 1 fully saturated rings. The van der Waals surface area contributed by atoms with E-state index in [0.717, 1.165) is 48.8 Å². The lowest BCUT2D eigenvalue weighted by molar-refractivity contribution is -0.0180. The minimum absolute atomic E-state index is 0.0647. The van der Waals surface area contributed by atoms with Gasteiger partial charge in [0.1, 0.15) is 5.82 Å². The van der Waals surface area contributed by atoms with E-state index in [0.29, 0.717) is 19.5 Å². The Morgan fingerprint density at radius 1 is 1.13 bits per heavy atom. The molecule has 1 saturated heterocycles. The number of rotatable bonds is 4. The highest BCUT2D eigenvalue weighted by molar-refractivity contribution is 5.94. The van der Waals surface area contributed by atoms with Crippen LogP contribution in [0.1, 0.15) is 17.7 Å². The average Bonchev–Trinajstić information content (AvgIpc) is 2.83. The van der Waals surface area contributed by atoms with Crippen LogP contribution in [0.4, 0.5) is 16.0 Å². The van der Waals surface area contributed by atoms with Crippen LogP contribution in [0, 0.1) is 11.3 Å². The fourth-order valence-electron chi connectivity index (χ4n) is 4.64. The SMILES string of the molecule is N#CCC1CN(c2nc(OF)nc3c2CCN(c2cccc4ccccc24)C3)CCN1. The number of nitriles is 1. The second kappa shape index (κ2) is 8.36. The molecule has 0 radical (unpaired) electrons. The van der Waals surface area contributed by atoms with E-state index in [-0.39, 0.29) is 12.1 Å². The van der Waals surface area contributed by atoms with Gasteiger partial charge in [0, 0.05) is 53.4 Å². The third-order valence-electron chi connectivity index (χ3n) is 6.09. The Labute approximate surface area is 180 Å². The first-order valence-electron chi connectivity index (χ1n) is 10.5. The topological polar surface area (TPSA) is 77.3 Å². The number of anilines is 2. The van der Waals surface area contributed by atoms with Gasteiger partial charge in [0.05, 0.1) is 24.7 Å². The van der Waals surface area contributed by atoms with Gasteiger partial charge in [-0.15, -0.1) is 0 Å². The standard InChI is InChI=1S/C23H23FN6O/c24-31-23-27-20-15-29(21-7-3-5-16-4-1-2-6-18(16)21)12-9-19(20)22(28-23)30-13-11-26-17(14-30)8-10-25/h1-7,17,26H,8-9,11-15H2. The largest absolute Gasteiger partial charge is 0.365 e. The molecule has 158 valence electrons. The lowest BCUT2D eigenvalue weighted by Crippen LogP contribution is -2.51. The molecule has 7 nitrogen and oxygen atoms in total. The number of halogens is 1. The number of fused-ring (bicyclic) bond motifs is 2. The van der Waals surface area contributed by atoms with Crippen molar-refractivity contribution in [2.75, 3.05) is 36.0 Å². The lowest BCUT2D eigenvalue weighted by Gasteiger charge is -2.37. The molecular formula is C23H23FN6O. The number of benzene rings is 2. The summed E-state index contributed by atoms with van der Waals surface area (Å²) in [5, 5.41) is 14.8. The zero-order valence-electron chi connectivity index (χ0n) is 17.1. The molecule has 2 aliphatic heterocycles. The molecule has 2 aromatic carbocycles. The Morgan fingerprint density at radius 3 is 2.87 bits per heavy atom. The summed E-state index contributed by atoms with van der Waals surface area (Å²) >= 11 is 0. The lowest BCUT2D eigenvalue weighted by atomic mass is 10.0. The molecule has 1 unspecified atom stereocenters. The van der Waals surface area contributed by atoms with E-state index in [1.54, 1.807) is 0 Å². The summed E-state index contributed by atoms with van der Waals surface area (Å²) in [5.74, 6) is 0.722. The number of nitrogens with one attached hydrogen (secondary N) is 1. The predicted octanol–water partition coefficient (Wildman–Crippen LogP) is 3.15. The predicted molar refractivity (Wildman–Crippen MR) is 117 cm³/mol. The van der Waals surface area contributed by atoms with Crippen LogP contribution in [0.5, 0.6) is 6.01 Å². The normalized spacial score (nSPS) is 18.5. The fourth-order valence-corrected chi connectivity index (χ4v) is 4.64. The summed E-state index contributed by atoms with van der Waals surface area (Å²) in [5.41, 5.74) is 2.96. The molecule has 2 aliphatic rings. The molecule has 5 rings (SSSR count). The van der Waals surface area contributed by atoms with Gasteiger partial charge >= 0.3 is 6.01 Å². The van der Waals surface area contributed by atoms with Crippen LogP contribution < -0.4 is 20.1 Å². The van der Waals surface area contributed by atoms with Gasteiger partial charge in [-0.05, 0) is 17.9 Å². The summed E-state index contributed by atoms with van der Waals surface area (Å²) in [6, 6.07) is 16.6. The number of aromatic nitrogens is 2. The Morgan fingerprint density at radius 2 is 2.00 bits per heavy atom. The molecule has 0 amide bonds. The van der Waals surface area contributed by atoms with Crippen molar-refractivity contribution in [1.29, 1.82) is 5.26 Å². The monoisotopic (exact) mass is 418 g/mol. The second-order valence-electron chi connectivity index (χ2n) is 7.96. The quantitative estimate of drug-likeness (QED) is 0.697. The van der Waals surface area contributed by atoms with Gasteiger partial charge in [-0.25, -0.2) is 0 Å². The highest BCUT2D eigenvalue weighted by atomic mass is 19.3. The maximum absolute atomic E-state index is 13.2. The van der Waals surface area contributed by atoms with Crippen LogP contribution in [0.25, 0.3) is 10.8 Å². The minimum atomic E-state index is -0.260. The van der Waals surface area contributed by atoms with E-state index in [1.165, 1.54) is 10.8 Å². The molecule has 8 heteroatoms. The molecule has 1 aromatic heterocycles. The highest BCUT2D eigenvalue weighted by Crippen LogP contribution is 2.34. The van der Waals surface area contributed by atoms with Crippen molar-refractivity contribution >= 4 is 22.3 Å². The fraction of sp³-hybridized carbons (Fsp3) is 0.348. The summed E-state index contributed by atoms with van der Waals surface area (Å²) < 4.78 is 13.2. The van der Waals surface area contributed by atoms with Gasteiger partial charge in [-0.2, -0.15) is 15.2 Å². The van der Waals surface area contributed by atoms with Gasteiger partial charge in [-0.1, -0.05) is 36.4 Å². The van der Waals surface area contributed by atoms with Crippen molar-refractivity contribution in [1.82, 2.24) is 15.3 Å². The molecule has 0 saturated carbocycles. The van der Waals surface area contributed by atoms with Gasteiger partial charge in [0.25, 0.3) is 0 Å². The molecule has 1 atom stereocenters. The zero-order chi connectivity index (χ0) is 21.2. The summed E-state index contributed by atoms with van der Waals surface area (Å²) in [6.45, 7) is 3.52. The Kier molecular flexibility index (Phi) is 5.26. The van der Waals surface area contributed by atoms with E-state index >= 15 is 0 Å². The number of hydrogen-bond acceptors (Lipinski definition) is 7. The van der Waals surface area contributed by atoms with Crippen molar-refractivity contribution < 1.29 is 9.47 Å². The summed E-state index contributed by atoms with van der Waals surface area (Å²) in [4.78, 5) is 17.1. The first-order chi connectivity index (χ1) is 15.3. The van der Waals surface area contributed by atoms with E-state index in [2.05, 4.69) is 66.4 Å². The summed E-state index contributed by atoms with van der Waals surface area (Å²) in [6.07, 6.45) is 1.18. The molecule has 3 heterocycles. The Balaban J connectivity index is 1.49. The molecule has 31 heavy (non-hydrogen) atoms. The van der Waals surface area contributed by atoms with Crippen molar-refractivity contribution in [3.8, 4) is 12.1 Å². The van der Waals surface area contributed by atoms with Gasteiger partial charge in [-0.3, -0.25) is 4.94 Å². The Bertz CT molecular complexity index is 1140. The maximum atomic E-state index is 13.2. The number of hydrogen-bond donors (Lipinski definition) is 1. The van der Waals surface area contributed by atoms with Crippen LogP contribution in [0.15, 0.2) is 42.5 Å². The van der Waals surface area contributed by atoms with Crippen molar-refractivity contribution in [2.45, 2.75) is 25.4 Å². The van der Waals surface area contributed by atoms with Crippen LogP contribution in [0.2, 0.25) is 0 Å². The number of nitrogens with zero attached hydrogens (tertiary/aromatic N) is 5. The van der Waals surface area contributed by atoms with E-state index in [9.17, 15) is 4.53 Å². The maximum Gasteiger partial charge on any atom is 0.362 e. The average molecular weight is 418 g/mol. The van der Waals surface area contributed by atoms with Crippen LogP contribution in [-0.4, -0.2) is 42.2 Å². The number of piperazine rings is 1. The molecular weight excluding hydrogens is 395 g/mol. The van der Waals surface area contributed by atoms with Crippen molar-refractivity contribution in [2.24, 2.45) is 0 Å². The molecule has 1 N–H and O–H groups in total. The van der Waals surface area contributed by atoms with Gasteiger partial charge < -0.3 is 15.1 Å². The smallest absolute Gasteiger partial charge is 0.362 e. The first-order valence-corrected chi connectivity index (χ1v) is 10.5.